The molecule has 2 nitrogen and oxygen atoms in total. The summed E-state index contributed by atoms with van der Waals surface area (Å²) in [6, 6.07) is 4.07. The van der Waals surface area contributed by atoms with Crippen LogP contribution in [0.1, 0.15) is 44.7 Å². The topological polar surface area (TPSA) is 29.5 Å². The van der Waals surface area contributed by atoms with Gasteiger partial charge >= 0.3 is 0 Å². The largest absolute Gasteiger partial charge is 0.504 e. The molecule has 1 N–H and O–H groups in total. The summed E-state index contributed by atoms with van der Waals surface area (Å²) >= 11 is 0. The maximum absolute atomic E-state index is 10.1. The van der Waals surface area contributed by atoms with Crippen molar-refractivity contribution in [2.24, 2.45) is 0 Å². The molecule has 1 heterocycles. The maximum Gasteiger partial charge on any atom is 0.165 e. The Bertz CT molecular complexity index is 392. The van der Waals surface area contributed by atoms with E-state index in [0.717, 1.165) is 17.5 Å². The summed E-state index contributed by atoms with van der Waals surface area (Å²) < 4.78 is 5.77. The molecule has 1 aromatic carbocycles. The molecule has 1 aromatic rings. The second-order valence-electron chi connectivity index (χ2n) is 5.18. The highest BCUT2D eigenvalue weighted by molar-refractivity contribution is 5.54. The van der Waals surface area contributed by atoms with Crippen molar-refractivity contribution in [1.82, 2.24) is 0 Å². The van der Waals surface area contributed by atoms with Gasteiger partial charge in [0.1, 0.15) is 5.60 Å². The standard InChI is InChI=1S/C13H18O2/c1-8(2)10-6-5-9-7-13(3,4)15-12(9)11(10)14/h5-6,8,14H,7H2,1-4H3. The van der Waals surface area contributed by atoms with Gasteiger partial charge in [-0.15, -0.1) is 0 Å². The maximum atomic E-state index is 10.1. The fraction of sp³-hybridized carbons (Fsp3) is 0.538. The molecule has 0 unspecified atom stereocenters. The van der Waals surface area contributed by atoms with Crippen molar-refractivity contribution in [3.8, 4) is 11.5 Å². The van der Waals surface area contributed by atoms with Crippen LogP contribution in [0.25, 0.3) is 0 Å². The molecule has 2 heteroatoms. The zero-order chi connectivity index (χ0) is 11.2. The highest BCUT2D eigenvalue weighted by Crippen LogP contribution is 2.44. The van der Waals surface area contributed by atoms with Crippen molar-refractivity contribution < 1.29 is 9.84 Å². The normalized spacial score (nSPS) is 17.7. The van der Waals surface area contributed by atoms with Gasteiger partial charge in [-0.2, -0.15) is 0 Å². The number of hydrogen-bond acceptors (Lipinski definition) is 2. The van der Waals surface area contributed by atoms with Crippen LogP contribution in [-0.2, 0) is 6.42 Å². The van der Waals surface area contributed by atoms with Crippen molar-refractivity contribution in [2.75, 3.05) is 0 Å². The van der Waals surface area contributed by atoms with Gasteiger partial charge in [0.2, 0.25) is 0 Å². The van der Waals surface area contributed by atoms with Crippen LogP contribution in [0.5, 0.6) is 11.5 Å². The minimum atomic E-state index is -0.185. The first-order chi connectivity index (χ1) is 6.91. The van der Waals surface area contributed by atoms with E-state index in [-0.39, 0.29) is 5.60 Å². The Balaban J connectivity index is 2.49. The van der Waals surface area contributed by atoms with Crippen LogP contribution < -0.4 is 4.74 Å². The van der Waals surface area contributed by atoms with E-state index >= 15 is 0 Å². The number of phenols is 1. The molecular weight excluding hydrogens is 188 g/mol. The molecule has 0 saturated heterocycles. The smallest absolute Gasteiger partial charge is 0.165 e. The quantitative estimate of drug-likeness (QED) is 0.764. The fourth-order valence-electron chi connectivity index (χ4n) is 2.12. The molecule has 1 aliphatic rings. The molecule has 1 aliphatic heterocycles. The molecule has 15 heavy (non-hydrogen) atoms. The van der Waals surface area contributed by atoms with Gasteiger partial charge in [0, 0.05) is 17.5 Å². The van der Waals surface area contributed by atoms with Gasteiger partial charge in [-0.05, 0) is 19.8 Å². The average Bonchev–Trinajstić information content (AvgIpc) is 2.40. The molecule has 0 fully saturated rings. The van der Waals surface area contributed by atoms with Crippen LogP contribution in [0.4, 0.5) is 0 Å². The van der Waals surface area contributed by atoms with Gasteiger partial charge in [0.25, 0.3) is 0 Å². The molecule has 0 atom stereocenters. The minimum Gasteiger partial charge on any atom is -0.504 e. The zero-order valence-electron chi connectivity index (χ0n) is 9.79. The Hall–Kier alpha value is -1.18. The van der Waals surface area contributed by atoms with Crippen molar-refractivity contribution in [3.05, 3.63) is 23.3 Å². The molecule has 82 valence electrons. The molecule has 0 bridgehead atoms. The summed E-state index contributed by atoms with van der Waals surface area (Å²) in [5.74, 6) is 1.34. The van der Waals surface area contributed by atoms with E-state index < -0.39 is 0 Å². The number of rotatable bonds is 1. The summed E-state index contributed by atoms with van der Waals surface area (Å²) in [5, 5.41) is 10.1. The first-order valence-electron chi connectivity index (χ1n) is 5.44. The Morgan fingerprint density at radius 1 is 1.33 bits per heavy atom. The van der Waals surface area contributed by atoms with Crippen LogP contribution in [0, 0.1) is 0 Å². The van der Waals surface area contributed by atoms with Crippen LogP contribution in [0.15, 0.2) is 12.1 Å². The number of fused-ring (bicyclic) bond motifs is 1. The SMILES string of the molecule is CC(C)c1ccc2c(c1O)OC(C)(C)C2. The molecule has 0 amide bonds. The molecule has 0 aromatic heterocycles. The van der Waals surface area contributed by atoms with Gasteiger partial charge in [-0.1, -0.05) is 26.0 Å². The predicted molar refractivity (Wildman–Crippen MR) is 60.6 cm³/mol. The Kier molecular flexibility index (Phi) is 2.18. The number of aromatic hydroxyl groups is 1. The molecule has 0 aliphatic carbocycles. The summed E-state index contributed by atoms with van der Waals surface area (Å²) in [4.78, 5) is 0. The van der Waals surface area contributed by atoms with Gasteiger partial charge in [0.15, 0.2) is 11.5 Å². The second kappa shape index (κ2) is 3.16. The highest BCUT2D eigenvalue weighted by Gasteiger charge is 2.33. The molecule has 0 spiro atoms. The number of benzene rings is 1. The fourth-order valence-corrected chi connectivity index (χ4v) is 2.12. The lowest BCUT2D eigenvalue weighted by molar-refractivity contribution is 0.134. The van der Waals surface area contributed by atoms with Crippen LogP contribution >= 0.6 is 0 Å². The van der Waals surface area contributed by atoms with Crippen molar-refractivity contribution in [3.63, 3.8) is 0 Å². The summed E-state index contributed by atoms with van der Waals surface area (Å²) in [6.07, 6.45) is 0.869. The Morgan fingerprint density at radius 3 is 2.60 bits per heavy atom. The highest BCUT2D eigenvalue weighted by atomic mass is 16.5. The Labute approximate surface area is 90.9 Å². The van der Waals surface area contributed by atoms with E-state index in [9.17, 15) is 5.11 Å². The lowest BCUT2D eigenvalue weighted by Gasteiger charge is -2.18. The van der Waals surface area contributed by atoms with Crippen molar-refractivity contribution >= 4 is 0 Å². The first-order valence-corrected chi connectivity index (χ1v) is 5.44. The number of hydrogen-bond donors (Lipinski definition) is 1. The van der Waals surface area contributed by atoms with Crippen molar-refractivity contribution in [2.45, 2.75) is 45.6 Å². The third-order valence-corrected chi connectivity index (χ3v) is 2.86. The van der Waals surface area contributed by atoms with E-state index in [1.807, 2.05) is 19.9 Å². The zero-order valence-corrected chi connectivity index (χ0v) is 9.79. The lowest BCUT2D eigenvalue weighted by atomic mass is 9.97. The average molecular weight is 206 g/mol. The van der Waals surface area contributed by atoms with Crippen LogP contribution in [0.2, 0.25) is 0 Å². The van der Waals surface area contributed by atoms with Crippen molar-refractivity contribution in [1.29, 1.82) is 0 Å². The lowest BCUT2D eigenvalue weighted by Crippen LogP contribution is -2.24. The first kappa shape index (κ1) is 10.3. The molecule has 0 saturated carbocycles. The summed E-state index contributed by atoms with van der Waals surface area (Å²) in [7, 11) is 0. The van der Waals surface area contributed by atoms with E-state index in [4.69, 9.17) is 4.74 Å². The predicted octanol–water partition coefficient (Wildman–Crippen LogP) is 3.23. The summed E-state index contributed by atoms with van der Waals surface area (Å²) in [5.41, 5.74) is 1.89. The van der Waals surface area contributed by atoms with Gasteiger partial charge in [-0.25, -0.2) is 0 Å². The second-order valence-corrected chi connectivity index (χ2v) is 5.18. The third kappa shape index (κ3) is 1.69. The van der Waals surface area contributed by atoms with E-state index in [1.54, 1.807) is 0 Å². The molecule has 0 radical (unpaired) electrons. The number of phenolic OH excluding ortho intramolecular Hbond substituents is 1. The van der Waals surface area contributed by atoms with Crippen LogP contribution in [0.3, 0.4) is 0 Å². The van der Waals surface area contributed by atoms with Crippen LogP contribution in [-0.4, -0.2) is 10.7 Å². The Morgan fingerprint density at radius 2 is 2.00 bits per heavy atom. The monoisotopic (exact) mass is 206 g/mol. The third-order valence-electron chi connectivity index (χ3n) is 2.86. The van der Waals surface area contributed by atoms with E-state index in [0.29, 0.717) is 17.4 Å². The van der Waals surface area contributed by atoms with Gasteiger partial charge in [0.05, 0.1) is 0 Å². The van der Waals surface area contributed by atoms with E-state index in [1.165, 1.54) is 0 Å². The summed E-state index contributed by atoms with van der Waals surface area (Å²) in [6.45, 7) is 8.23. The molecule has 2 rings (SSSR count). The van der Waals surface area contributed by atoms with Gasteiger partial charge in [-0.3, -0.25) is 0 Å². The minimum absolute atomic E-state index is 0.185. The number of ether oxygens (including phenoxy) is 1. The molecular formula is C13H18O2. The van der Waals surface area contributed by atoms with E-state index in [2.05, 4.69) is 19.9 Å². The van der Waals surface area contributed by atoms with Gasteiger partial charge < -0.3 is 9.84 Å².